The number of rotatable bonds is 7. The summed E-state index contributed by atoms with van der Waals surface area (Å²) in [7, 11) is 0. The Balaban J connectivity index is 1.54. The number of hydrogen-bond acceptors (Lipinski definition) is 6. The van der Waals surface area contributed by atoms with Gasteiger partial charge in [-0.3, -0.25) is 14.4 Å². The van der Waals surface area contributed by atoms with E-state index < -0.39 is 24.4 Å². The highest BCUT2D eigenvalue weighted by Gasteiger charge is 2.17. The number of nitrogens with one attached hydrogen (secondary N) is 2. The van der Waals surface area contributed by atoms with Crippen LogP contribution in [0.4, 0.5) is 5.82 Å². The number of amides is 2. The van der Waals surface area contributed by atoms with Gasteiger partial charge in [-0.25, -0.2) is 4.68 Å². The van der Waals surface area contributed by atoms with Crippen molar-refractivity contribution in [1.29, 1.82) is 5.26 Å². The van der Waals surface area contributed by atoms with Crippen molar-refractivity contribution < 1.29 is 19.1 Å². The molecule has 2 N–H and O–H groups in total. The van der Waals surface area contributed by atoms with E-state index in [4.69, 9.17) is 4.74 Å². The van der Waals surface area contributed by atoms with Crippen molar-refractivity contribution in [3.8, 4) is 11.8 Å². The molecule has 0 aliphatic carbocycles. The second kappa shape index (κ2) is 10.0. The van der Waals surface area contributed by atoms with Crippen LogP contribution in [0.1, 0.15) is 27.0 Å². The standard InChI is InChI=1S/C23H21N5O4/c1-15-8-16(2)10-17(9-15)23(31)25-13-21(30)32-14-20(29)27-22-18(11-24)12-26-28(22)19-6-4-3-5-7-19/h3-10,12H,13-14H2,1-2H3,(H,25,31)(H,27,29). The van der Waals surface area contributed by atoms with Gasteiger partial charge in [-0.2, -0.15) is 10.4 Å². The lowest BCUT2D eigenvalue weighted by molar-refractivity contribution is -0.146. The van der Waals surface area contributed by atoms with E-state index in [1.807, 2.05) is 32.0 Å². The molecule has 0 spiro atoms. The zero-order valence-corrected chi connectivity index (χ0v) is 17.6. The Morgan fingerprint density at radius 2 is 1.78 bits per heavy atom. The van der Waals surface area contributed by atoms with Crippen LogP contribution in [0, 0.1) is 25.2 Å². The number of para-hydroxylation sites is 1. The lowest BCUT2D eigenvalue weighted by atomic mass is 10.1. The quantitative estimate of drug-likeness (QED) is 0.553. The molecule has 0 unspecified atom stereocenters. The van der Waals surface area contributed by atoms with Gasteiger partial charge in [0.1, 0.15) is 18.2 Å². The van der Waals surface area contributed by atoms with Crippen molar-refractivity contribution in [3.63, 3.8) is 0 Å². The molecule has 0 fully saturated rings. The maximum absolute atomic E-state index is 12.3. The highest BCUT2D eigenvalue weighted by atomic mass is 16.5. The molecule has 0 aliphatic heterocycles. The van der Waals surface area contributed by atoms with E-state index in [0.29, 0.717) is 11.3 Å². The maximum atomic E-state index is 12.3. The second-order valence-electron chi connectivity index (χ2n) is 7.03. The fourth-order valence-corrected chi connectivity index (χ4v) is 3.04. The topological polar surface area (TPSA) is 126 Å². The summed E-state index contributed by atoms with van der Waals surface area (Å²) >= 11 is 0. The average Bonchev–Trinajstić information content (AvgIpc) is 3.18. The van der Waals surface area contributed by atoms with Gasteiger partial charge in [0.25, 0.3) is 11.8 Å². The van der Waals surface area contributed by atoms with Crippen LogP contribution in [0.3, 0.4) is 0 Å². The van der Waals surface area contributed by atoms with Gasteiger partial charge in [-0.15, -0.1) is 0 Å². The van der Waals surface area contributed by atoms with Gasteiger partial charge in [0.05, 0.1) is 11.9 Å². The molecule has 1 aromatic heterocycles. The SMILES string of the molecule is Cc1cc(C)cc(C(=O)NCC(=O)OCC(=O)Nc2c(C#N)cnn2-c2ccccc2)c1. The summed E-state index contributed by atoms with van der Waals surface area (Å²) in [5, 5.41) is 18.4. The first-order valence-corrected chi connectivity index (χ1v) is 9.73. The van der Waals surface area contributed by atoms with Crippen LogP contribution in [-0.2, 0) is 14.3 Å². The first-order chi connectivity index (χ1) is 15.4. The molecule has 3 rings (SSSR count). The summed E-state index contributed by atoms with van der Waals surface area (Å²) in [6, 6.07) is 16.3. The molecular weight excluding hydrogens is 410 g/mol. The van der Waals surface area contributed by atoms with Gasteiger partial charge in [0.2, 0.25) is 0 Å². The minimum Gasteiger partial charge on any atom is -0.454 e. The minimum absolute atomic E-state index is 0.161. The molecule has 0 bridgehead atoms. The van der Waals surface area contributed by atoms with Crippen molar-refractivity contribution in [2.24, 2.45) is 0 Å². The van der Waals surface area contributed by atoms with Gasteiger partial charge >= 0.3 is 5.97 Å². The summed E-state index contributed by atoms with van der Waals surface area (Å²) in [6.07, 6.45) is 1.33. The second-order valence-corrected chi connectivity index (χ2v) is 7.03. The van der Waals surface area contributed by atoms with Crippen LogP contribution in [0.15, 0.2) is 54.7 Å². The Labute approximate surface area is 184 Å². The number of anilines is 1. The number of carbonyl (C=O) groups is 3. The number of nitrogens with zero attached hydrogens (tertiary/aromatic N) is 3. The molecule has 3 aromatic rings. The third-order valence-electron chi connectivity index (χ3n) is 4.39. The highest BCUT2D eigenvalue weighted by molar-refractivity contribution is 5.97. The molecule has 1 heterocycles. The van der Waals surface area contributed by atoms with Crippen LogP contribution >= 0.6 is 0 Å². The van der Waals surface area contributed by atoms with E-state index in [2.05, 4.69) is 15.7 Å². The number of hydrogen-bond donors (Lipinski definition) is 2. The summed E-state index contributed by atoms with van der Waals surface area (Å²) < 4.78 is 6.33. The molecule has 2 amide bonds. The lowest BCUT2D eigenvalue weighted by Gasteiger charge is -2.10. The monoisotopic (exact) mass is 431 g/mol. The highest BCUT2D eigenvalue weighted by Crippen LogP contribution is 2.19. The molecule has 0 saturated heterocycles. The Morgan fingerprint density at radius 3 is 2.44 bits per heavy atom. The Bertz CT molecular complexity index is 1170. The average molecular weight is 431 g/mol. The zero-order valence-electron chi connectivity index (χ0n) is 17.6. The van der Waals surface area contributed by atoms with Crippen molar-refractivity contribution in [2.45, 2.75) is 13.8 Å². The number of ether oxygens (including phenoxy) is 1. The Morgan fingerprint density at radius 1 is 1.09 bits per heavy atom. The van der Waals surface area contributed by atoms with Crippen molar-refractivity contribution in [2.75, 3.05) is 18.5 Å². The Hall–Kier alpha value is -4.45. The molecular formula is C23H21N5O4. The normalized spacial score (nSPS) is 10.2. The van der Waals surface area contributed by atoms with Crippen LogP contribution in [0.5, 0.6) is 0 Å². The predicted octanol–water partition coefficient (Wildman–Crippen LogP) is 2.27. The number of benzene rings is 2. The molecule has 0 radical (unpaired) electrons. The molecule has 0 atom stereocenters. The molecule has 32 heavy (non-hydrogen) atoms. The van der Waals surface area contributed by atoms with E-state index in [9.17, 15) is 19.6 Å². The van der Waals surface area contributed by atoms with Gasteiger partial charge < -0.3 is 15.4 Å². The summed E-state index contributed by atoms with van der Waals surface area (Å²) in [6.45, 7) is 2.78. The first-order valence-electron chi connectivity index (χ1n) is 9.73. The van der Waals surface area contributed by atoms with Crippen molar-refractivity contribution >= 4 is 23.6 Å². The number of aryl methyl sites for hydroxylation is 2. The van der Waals surface area contributed by atoms with Crippen LogP contribution in [-0.4, -0.2) is 40.7 Å². The lowest BCUT2D eigenvalue weighted by Crippen LogP contribution is -2.32. The van der Waals surface area contributed by atoms with Crippen LogP contribution in [0.25, 0.3) is 5.69 Å². The van der Waals surface area contributed by atoms with Gasteiger partial charge in [-0.1, -0.05) is 35.4 Å². The van der Waals surface area contributed by atoms with E-state index in [0.717, 1.165) is 11.1 Å². The van der Waals surface area contributed by atoms with Gasteiger partial charge in [0.15, 0.2) is 12.4 Å². The molecule has 2 aromatic carbocycles. The summed E-state index contributed by atoms with van der Waals surface area (Å²) in [5.74, 6) is -1.66. The summed E-state index contributed by atoms with van der Waals surface area (Å²) in [5.41, 5.74) is 3.11. The molecule has 9 nitrogen and oxygen atoms in total. The number of carbonyl (C=O) groups excluding carboxylic acids is 3. The Kier molecular flexibility index (Phi) is 6.98. The van der Waals surface area contributed by atoms with E-state index >= 15 is 0 Å². The molecule has 0 saturated carbocycles. The molecule has 9 heteroatoms. The van der Waals surface area contributed by atoms with E-state index in [1.54, 1.807) is 36.4 Å². The first kappa shape index (κ1) is 22.2. The van der Waals surface area contributed by atoms with Crippen LogP contribution in [0.2, 0.25) is 0 Å². The fraction of sp³-hybridized carbons (Fsp3) is 0.174. The summed E-state index contributed by atoms with van der Waals surface area (Å²) in [4.78, 5) is 36.4. The largest absolute Gasteiger partial charge is 0.454 e. The molecule has 0 aliphatic rings. The smallest absolute Gasteiger partial charge is 0.325 e. The fourth-order valence-electron chi connectivity index (χ4n) is 3.04. The van der Waals surface area contributed by atoms with Crippen molar-refractivity contribution in [1.82, 2.24) is 15.1 Å². The number of aromatic nitrogens is 2. The number of nitriles is 1. The van der Waals surface area contributed by atoms with Gasteiger partial charge in [0, 0.05) is 5.56 Å². The maximum Gasteiger partial charge on any atom is 0.325 e. The zero-order chi connectivity index (χ0) is 23.1. The predicted molar refractivity (Wildman–Crippen MR) is 116 cm³/mol. The minimum atomic E-state index is -0.769. The molecule has 162 valence electrons. The number of esters is 1. The third-order valence-corrected chi connectivity index (χ3v) is 4.39. The van der Waals surface area contributed by atoms with Crippen LogP contribution < -0.4 is 10.6 Å². The van der Waals surface area contributed by atoms with E-state index in [-0.39, 0.29) is 17.9 Å². The van der Waals surface area contributed by atoms with Gasteiger partial charge in [-0.05, 0) is 38.1 Å². The third kappa shape index (κ3) is 5.58. The van der Waals surface area contributed by atoms with E-state index in [1.165, 1.54) is 10.9 Å². The van der Waals surface area contributed by atoms with Crippen molar-refractivity contribution in [3.05, 3.63) is 77.0 Å².